The third-order valence-electron chi connectivity index (χ3n) is 5.12. The van der Waals surface area contributed by atoms with Gasteiger partial charge in [0.2, 0.25) is 5.88 Å². The Morgan fingerprint density at radius 3 is 2.76 bits per heavy atom. The van der Waals surface area contributed by atoms with Crippen LogP contribution in [-0.4, -0.2) is 85.7 Å². The van der Waals surface area contributed by atoms with Gasteiger partial charge in [0.1, 0.15) is 0 Å². The van der Waals surface area contributed by atoms with Crippen LogP contribution in [0.15, 0.2) is 18.3 Å². The van der Waals surface area contributed by atoms with Crippen LogP contribution >= 0.6 is 0 Å². The Morgan fingerprint density at radius 2 is 2.08 bits per heavy atom. The Labute approximate surface area is 149 Å². The number of hydrogen-bond acceptors (Lipinski definition) is 5. The van der Waals surface area contributed by atoms with E-state index in [1.54, 1.807) is 19.4 Å². The minimum absolute atomic E-state index is 0.0324. The van der Waals surface area contributed by atoms with Gasteiger partial charge in [0.25, 0.3) is 0 Å². The second kappa shape index (κ2) is 8.49. The Kier molecular flexibility index (Phi) is 6.09. The number of piperidine rings is 1. The highest BCUT2D eigenvalue weighted by molar-refractivity contribution is 5.89. The maximum Gasteiger partial charge on any atom is 0.321 e. The Morgan fingerprint density at radius 1 is 1.28 bits per heavy atom. The van der Waals surface area contributed by atoms with Crippen LogP contribution in [0.2, 0.25) is 0 Å². The lowest BCUT2D eigenvalue weighted by atomic mass is 9.97. The van der Waals surface area contributed by atoms with Crippen LogP contribution < -0.4 is 10.1 Å². The number of urea groups is 1. The van der Waals surface area contributed by atoms with Gasteiger partial charge >= 0.3 is 6.03 Å². The molecule has 2 aliphatic heterocycles. The van der Waals surface area contributed by atoms with Gasteiger partial charge in [-0.2, -0.15) is 0 Å². The molecule has 0 aliphatic carbocycles. The number of hydrogen-bond donors (Lipinski definition) is 1. The number of anilines is 1. The molecular formula is C18H29N5O2. The van der Waals surface area contributed by atoms with Gasteiger partial charge < -0.3 is 24.8 Å². The van der Waals surface area contributed by atoms with E-state index in [-0.39, 0.29) is 6.03 Å². The molecule has 2 saturated heterocycles. The number of likely N-dealkylation sites (tertiary alicyclic amines) is 1. The number of ether oxygens (including phenoxy) is 1. The van der Waals surface area contributed by atoms with Crippen molar-refractivity contribution < 1.29 is 9.53 Å². The molecule has 2 aliphatic rings. The van der Waals surface area contributed by atoms with Crippen molar-refractivity contribution in [3.8, 4) is 5.88 Å². The minimum Gasteiger partial charge on any atom is -0.481 e. The van der Waals surface area contributed by atoms with E-state index >= 15 is 0 Å². The van der Waals surface area contributed by atoms with Crippen molar-refractivity contribution in [2.75, 3.05) is 65.3 Å². The van der Waals surface area contributed by atoms with Crippen molar-refractivity contribution in [2.24, 2.45) is 5.92 Å². The SMILES string of the molecule is COc1ccc(NC(=O)N2CCC[C@H](CN3CCN(C)CC3)C2)cn1. The first-order valence-electron chi connectivity index (χ1n) is 9.11. The number of nitrogens with zero attached hydrogens (tertiary/aromatic N) is 4. The van der Waals surface area contributed by atoms with Gasteiger partial charge in [0.05, 0.1) is 19.0 Å². The van der Waals surface area contributed by atoms with Crippen LogP contribution in [0.1, 0.15) is 12.8 Å². The van der Waals surface area contributed by atoms with Gasteiger partial charge in [-0.3, -0.25) is 0 Å². The van der Waals surface area contributed by atoms with E-state index in [0.29, 0.717) is 17.5 Å². The molecule has 2 amide bonds. The fraction of sp³-hybridized carbons (Fsp3) is 0.667. The fourth-order valence-corrected chi connectivity index (χ4v) is 3.57. The molecule has 3 rings (SSSR count). The van der Waals surface area contributed by atoms with Crippen molar-refractivity contribution in [3.63, 3.8) is 0 Å². The molecule has 1 aromatic heterocycles. The van der Waals surface area contributed by atoms with Crippen LogP contribution in [0.25, 0.3) is 0 Å². The number of aromatic nitrogens is 1. The van der Waals surface area contributed by atoms with Gasteiger partial charge in [0, 0.05) is 51.9 Å². The molecule has 2 fully saturated rings. The van der Waals surface area contributed by atoms with E-state index in [2.05, 4.69) is 27.1 Å². The highest BCUT2D eigenvalue weighted by atomic mass is 16.5. The smallest absolute Gasteiger partial charge is 0.321 e. The Hall–Kier alpha value is -1.86. The lowest BCUT2D eigenvalue weighted by Crippen LogP contribution is -2.49. The number of amides is 2. The molecule has 3 heterocycles. The predicted octanol–water partition coefficient (Wildman–Crippen LogP) is 1.58. The Balaban J connectivity index is 1.49. The summed E-state index contributed by atoms with van der Waals surface area (Å²) >= 11 is 0. The first-order chi connectivity index (χ1) is 12.1. The molecule has 0 spiro atoms. The van der Waals surface area contributed by atoms with Crippen LogP contribution in [0, 0.1) is 5.92 Å². The number of methoxy groups -OCH3 is 1. The summed E-state index contributed by atoms with van der Waals surface area (Å²) in [6.45, 7) is 7.31. The molecule has 0 saturated carbocycles. The number of rotatable bonds is 4. The number of carbonyl (C=O) groups excluding carboxylic acids is 1. The fourth-order valence-electron chi connectivity index (χ4n) is 3.57. The molecule has 1 aromatic rings. The third-order valence-corrected chi connectivity index (χ3v) is 5.12. The summed E-state index contributed by atoms with van der Waals surface area (Å²) < 4.78 is 5.04. The van der Waals surface area contributed by atoms with Gasteiger partial charge in [-0.1, -0.05) is 0 Å². The molecule has 0 radical (unpaired) electrons. The normalized spacial score (nSPS) is 22.6. The number of nitrogens with one attached hydrogen (secondary N) is 1. The summed E-state index contributed by atoms with van der Waals surface area (Å²) in [7, 11) is 3.76. The van der Waals surface area contributed by atoms with Crippen molar-refractivity contribution >= 4 is 11.7 Å². The Bertz CT molecular complexity index is 557. The topological polar surface area (TPSA) is 60.9 Å². The second-order valence-corrected chi connectivity index (χ2v) is 7.08. The summed E-state index contributed by atoms with van der Waals surface area (Å²) in [6.07, 6.45) is 3.91. The zero-order valence-corrected chi connectivity index (χ0v) is 15.3. The quantitative estimate of drug-likeness (QED) is 0.896. The molecule has 25 heavy (non-hydrogen) atoms. The summed E-state index contributed by atoms with van der Waals surface area (Å²) in [5.41, 5.74) is 0.701. The largest absolute Gasteiger partial charge is 0.481 e. The number of carbonyl (C=O) groups is 1. The van der Waals surface area contributed by atoms with Gasteiger partial charge in [-0.25, -0.2) is 9.78 Å². The van der Waals surface area contributed by atoms with Crippen LogP contribution in [-0.2, 0) is 0 Å². The minimum atomic E-state index is -0.0324. The van der Waals surface area contributed by atoms with E-state index in [0.717, 1.165) is 52.2 Å². The first-order valence-corrected chi connectivity index (χ1v) is 9.11. The first kappa shape index (κ1) is 17.9. The van der Waals surface area contributed by atoms with Crippen molar-refractivity contribution in [1.29, 1.82) is 0 Å². The van der Waals surface area contributed by atoms with Gasteiger partial charge in [-0.15, -0.1) is 0 Å². The molecule has 1 atom stereocenters. The molecule has 1 N–H and O–H groups in total. The zero-order valence-electron chi connectivity index (χ0n) is 15.3. The number of pyridine rings is 1. The summed E-state index contributed by atoms with van der Waals surface area (Å²) in [5, 5.41) is 2.94. The summed E-state index contributed by atoms with van der Waals surface area (Å²) in [4.78, 5) is 23.5. The van der Waals surface area contributed by atoms with Crippen molar-refractivity contribution in [1.82, 2.24) is 19.7 Å². The third kappa shape index (κ3) is 5.06. The van der Waals surface area contributed by atoms with Crippen molar-refractivity contribution in [2.45, 2.75) is 12.8 Å². The molecule has 7 heteroatoms. The zero-order chi connectivity index (χ0) is 17.6. The van der Waals surface area contributed by atoms with Gasteiger partial charge in [-0.05, 0) is 31.9 Å². The molecule has 138 valence electrons. The maximum absolute atomic E-state index is 12.5. The van der Waals surface area contributed by atoms with Crippen LogP contribution in [0.5, 0.6) is 5.88 Å². The highest BCUT2D eigenvalue weighted by Gasteiger charge is 2.26. The second-order valence-electron chi connectivity index (χ2n) is 7.08. The lowest BCUT2D eigenvalue weighted by molar-refractivity contribution is 0.109. The van der Waals surface area contributed by atoms with Crippen LogP contribution in [0.3, 0.4) is 0 Å². The number of likely N-dealkylation sites (N-methyl/N-ethyl adjacent to an activating group) is 1. The highest BCUT2D eigenvalue weighted by Crippen LogP contribution is 2.20. The maximum atomic E-state index is 12.5. The molecule has 0 bridgehead atoms. The predicted molar refractivity (Wildman–Crippen MR) is 98.0 cm³/mol. The van der Waals surface area contributed by atoms with E-state index in [1.807, 2.05) is 11.0 Å². The van der Waals surface area contributed by atoms with E-state index in [1.165, 1.54) is 6.42 Å². The monoisotopic (exact) mass is 347 g/mol. The van der Waals surface area contributed by atoms with E-state index in [4.69, 9.17) is 4.74 Å². The standard InChI is InChI=1S/C18H29N5O2/c1-21-8-10-22(11-9-21)13-15-4-3-7-23(14-15)18(24)20-16-5-6-17(25-2)19-12-16/h5-6,12,15H,3-4,7-11,13-14H2,1-2H3,(H,20,24)/t15-/m1/s1. The molecule has 7 nitrogen and oxygen atoms in total. The van der Waals surface area contributed by atoms with Gasteiger partial charge in [0.15, 0.2) is 0 Å². The lowest BCUT2D eigenvalue weighted by Gasteiger charge is -2.38. The average Bonchev–Trinajstić information content (AvgIpc) is 2.64. The van der Waals surface area contributed by atoms with Crippen molar-refractivity contribution in [3.05, 3.63) is 18.3 Å². The summed E-state index contributed by atoms with van der Waals surface area (Å²) in [5.74, 6) is 1.11. The van der Waals surface area contributed by atoms with Crippen LogP contribution in [0.4, 0.5) is 10.5 Å². The molecule has 0 aromatic carbocycles. The summed E-state index contributed by atoms with van der Waals surface area (Å²) in [6, 6.07) is 3.53. The number of piperazine rings is 1. The van der Waals surface area contributed by atoms with E-state index in [9.17, 15) is 4.79 Å². The molecular weight excluding hydrogens is 318 g/mol. The average molecular weight is 347 g/mol. The van der Waals surface area contributed by atoms with E-state index < -0.39 is 0 Å². The molecule has 0 unspecified atom stereocenters.